The fraction of sp³-hybridized carbons (Fsp3) is 0. The Bertz CT molecular complexity index is 2800. The molecule has 50 heavy (non-hydrogen) atoms. The van der Waals surface area contributed by atoms with Gasteiger partial charge in [0.2, 0.25) is 0 Å². The topological polar surface area (TPSA) is 56.7 Å². The summed E-state index contributed by atoms with van der Waals surface area (Å²) < 4.78 is 8.83. The van der Waals surface area contributed by atoms with Crippen molar-refractivity contribution in [3.8, 4) is 51.0 Å². The SMILES string of the molecule is c1ccc(-c2ccc3c(c2)c2ccccc2n3-c2ccc3oc4cc(-c5nc(-c6ccccc6)nc(-c6ccccc6)n5)ccc4c3c2)cc1. The largest absolute Gasteiger partial charge is 0.456 e. The van der Waals surface area contributed by atoms with E-state index in [2.05, 4.69) is 108 Å². The third-order valence-corrected chi connectivity index (χ3v) is 9.45. The fourth-order valence-corrected chi connectivity index (χ4v) is 7.04. The molecule has 0 spiro atoms. The molecule has 0 unspecified atom stereocenters. The Labute approximate surface area is 287 Å². The molecule has 10 aromatic rings. The first-order valence-corrected chi connectivity index (χ1v) is 16.7. The quantitative estimate of drug-likeness (QED) is 0.188. The zero-order valence-electron chi connectivity index (χ0n) is 26.9. The van der Waals surface area contributed by atoms with Crippen molar-refractivity contribution in [3.05, 3.63) is 170 Å². The summed E-state index contributed by atoms with van der Waals surface area (Å²) in [6, 6.07) is 58.7. The summed E-state index contributed by atoms with van der Waals surface area (Å²) in [7, 11) is 0. The lowest BCUT2D eigenvalue weighted by molar-refractivity contribution is 0.669. The zero-order valence-corrected chi connectivity index (χ0v) is 26.9. The monoisotopic (exact) mass is 640 g/mol. The molecule has 0 amide bonds. The third kappa shape index (κ3) is 4.67. The van der Waals surface area contributed by atoms with Crippen molar-refractivity contribution in [3.63, 3.8) is 0 Å². The van der Waals surface area contributed by atoms with Crippen LogP contribution in [0.25, 0.3) is 94.7 Å². The highest BCUT2D eigenvalue weighted by molar-refractivity contribution is 6.11. The molecule has 0 aliphatic heterocycles. The molecule has 3 heterocycles. The summed E-state index contributed by atoms with van der Waals surface area (Å²) in [5.41, 5.74) is 10.2. The fourth-order valence-electron chi connectivity index (χ4n) is 7.04. The van der Waals surface area contributed by atoms with Crippen molar-refractivity contribution in [2.75, 3.05) is 0 Å². The number of benzene rings is 7. The summed E-state index contributed by atoms with van der Waals surface area (Å²) in [4.78, 5) is 14.7. The van der Waals surface area contributed by atoms with E-state index in [1.54, 1.807) is 0 Å². The molecule has 234 valence electrons. The lowest BCUT2D eigenvalue weighted by Crippen LogP contribution is -2.00. The van der Waals surface area contributed by atoms with Crippen LogP contribution in [0, 0.1) is 0 Å². The van der Waals surface area contributed by atoms with E-state index in [9.17, 15) is 0 Å². The average molecular weight is 641 g/mol. The molecule has 0 bridgehead atoms. The smallest absolute Gasteiger partial charge is 0.164 e. The molecule has 0 radical (unpaired) electrons. The molecule has 0 aliphatic carbocycles. The molecule has 7 aromatic carbocycles. The molecular formula is C45H28N4O. The van der Waals surface area contributed by atoms with Gasteiger partial charge in [0.05, 0.1) is 11.0 Å². The van der Waals surface area contributed by atoms with Crippen LogP contribution >= 0.6 is 0 Å². The van der Waals surface area contributed by atoms with E-state index in [4.69, 9.17) is 19.4 Å². The van der Waals surface area contributed by atoms with Crippen LogP contribution in [0.5, 0.6) is 0 Å². The molecule has 0 fully saturated rings. The van der Waals surface area contributed by atoms with E-state index in [0.717, 1.165) is 44.3 Å². The maximum atomic E-state index is 6.48. The third-order valence-electron chi connectivity index (χ3n) is 9.45. The van der Waals surface area contributed by atoms with Crippen LogP contribution in [0.3, 0.4) is 0 Å². The molecule has 3 aromatic heterocycles. The van der Waals surface area contributed by atoms with Gasteiger partial charge in [-0.3, -0.25) is 0 Å². The van der Waals surface area contributed by atoms with Crippen LogP contribution in [0.15, 0.2) is 174 Å². The minimum absolute atomic E-state index is 0.598. The summed E-state index contributed by atoms with van der Waals surface area (Å²) in [6.07, 6.45) is 0. The van der Waals surface area contributed by atoms with Gasteiger partial charge in [0.1, 0.15) is 11.2 Å². The van der Waals surface area contributed by atoms with E-state index < -0.39 is 0 Å². The lowest BCUT2D eigenvalue weighted by atomic mass is 10.0. The van der Waals surface area contributed by atoms with E-state index in [1.165, 1.54) is 32.9 Å². The van der Waals surface area contributed by atoms with Gasteiger partial charge in [0.25, 0.3) is 0 Å². The Morgan fingerprint density at radius 2 is 0.920 bits per heavy atom. The molecule has 0 saturated carbocycles. The molecule has 5 nitrogen and oxygen atoms in total. The lowest BCUT2D eigenvalue weighted by Gasteiger charge is -2.09. The minimum atomic E-state index is 0.598. The Kier molecular flexibility index (Phi) is 6.42. The van der Waals surface area contributed by atoms with E-state index in [0.29, 0.717) is 17.5 Å². The van der Waals surface area contributed by atoms with Gasteiger partial charge in [-0.15, -0.1) is 0 Å². The molecule has 10 rings (SSSR count). The van der Waals surface area contributed by atoms with Gasteiger partial charge in [0.15, 0.2) is 17.5 Å². The normalized spacial score (nSPS) is 11.6. The predicted octanol–water partition coefficient (Wildman–Crippen LogP) is 11.5. The van der Waals surface area contributed by atoms with Gasteiger partial charge in [-0.2, -0.15) is 0 Å². The summed E-state index contributed by atoms with van der Waals surface area (Å²) in [5, 5.41) is 4.55. The van der Waals surface area contributed by atoms with Crippen molar-refractivity contribution in [2.24, 2.45) is 0 Å². The van der Waals surface area contributed by atoms with Gasteiger partial charge in [0, 0.05) is 43.9 Å². The summed E-state index contributed by atoms with van der Waals surface area (Å²) in [5.74, 6) is 1.86. The number of para-hydroxylation sites is 1. The highest BCUT2D eigenvalue weighted by atomic mass is 16.3. The van der Waals surface area contributed by atoms with Gasteiger partial charge in [-0.05, 0) is 59.7 Å². The summed E-state index contributed by atoms with van der Waals surface area (Å²) in [6.45, 7) is 0. The Morgan fingerprint density at radius 1 is 0.340 bits per heavy atom. The van der Waals surface area contributed by atoms with Crippen LogP contribution in [-0.4, -0.2) is 19.5 Å². The maximum Gasteiger partial charge on any atom is 0.164 e. The molecule has 0 N–H and O–H groups in total. The maximum absolute atomic E-state index is 6.48. The van der Waals surface area contributed by atoms with E-state index >= 15 is 0 Å². The van der Waals surface area contributed by atoms with Gasteiger partial charge in [-0.25, -0.2) is 15.0 Å². The van der Waals surface area contributed by atoms with Crippen LogP contribution in [0.2, 0.25) is 0 Å². The number of fused-ring (bicyclic) bond motifs is 6. The predicted molar refractivity (Wildman–Crippen MR) is 203 cm³/mol. The molecular weight excluding hydrogens is 613 g/mol. The molecule has 5 heteroatoms. The second-order valence-electron chi connectivity index (χ2n) is 12.5. The van der Waals surface area contributed by atoms with Crippen LogP contribution < -0.4 is 0 Å². The Morgan fingerprint density at radius 3 is 1.62 bits per heavy atom. The van der Waals surface area contributed by atoms with Gasteiger partial charge in [-0.1, -0.05) is 121 Å². The first-order chi connectivity index (χ1) is 24.8. The number of rotatable bonds is 5. The average Bonchev–Trinajstić information content (AvgIpc) is 3.73. The number of hydrogen-bond acceptors (Lipinski definition) is 4. The Hall–Kier alpha value is -6.85. The van der Waals surface area contributed by atoms with Crippen LogP contribution in [0.4, 0.5) is 0 Å². The first kappa shape index (κ1) is 28.2. The molecule has 0 atom stereocenters. The number of aromatic nitrogens is 4. The van der Waals surface area contributed by atoms with Crippen molar-refractivity contribution >= 4 is 43.7 Å². The minimum Gasteiger partial charge on any atom is -0.456 e. The van der Waals surface area contributed by atoms with Crippen molar-refractivity contribution in [1.82, 2.24) is 19.5 Å². The number of hydrogen-bond donors (Lipinski definition) is 0. The van der Waals surface area contributed by atoms with E-state index in [1.807, 2.05) is 66.7 Å². The first-order valence-electron chi connectivity index (χ1n) is 16.7. The highest BCUT2D eigenvalue weighted by Crippen LogP contribution is 2.38. The standard InChI is InChI=1S/C45H28N4O/c1-4-12-29(13-5-1)32-21-24-40-37(26-32)35-18-10-11-19-39(35)49(40)34-22-25-41-38(28-34)36-23-20-33(27-42(36)50-41)45-47-43(30-14-6-2-7-15-30)46-44(48-45)31-16-8-3-9-17-31/h1-28H. The van der Waals surface area contributed by atoms with Gasteiger partial charge < -0.3 is 8.98 Å². The number of furan rings is 1. The second kappa shape index (κ2) is 11.4. The van der Waals surface area contributed by atoms with Crippen LogP contribution in [0.1, 0.15) is 0 Å². The second-order valence-corrected chi connectivity index (χ2v) is 12.5. The van der Waals surface area contributed by atoms with Crippen molar-refractivity contribution in [2.45, 2.75) is 0 Å². The summed E-state index contributed by atoms with van der Waals surface area (Å²) >= 11 is 0. The molecule has 0 aliphatic rings. The zero-order chi connectivity index (χ0) is 33.0. The number of nitrogens with zero attached hydrogens (tertiary/aromatic N) is 4. The highest BCUT2D eigenvalue weighted by Gasteiger charge is 2.17. The van der Waals surface area contributed by atoms with Crippen LogP contribution in [-0.2, 0) is 0 Å². The van der Waals surface area contributed by atoms with E-state index in [-0.39, 0.29) is 0 Å². The Balaban J connectivity index is 1.10. The van der Waals surface area contributed by atoms with Gasteiger partial charge >= 0.3 is 0 Å². The van der Waals surface area contributed by atoms with Crippen molar-refractivity contribution in [1.29, 1.82) is 0 Å². The molecule has 0 saturated heterocycles. The van der Waals surface area contributed by atoms with Crippen molar-refractivity contribution < 1.29 is 4.42 Å².